The van der Waals surface area contributed by atoms with Gasteiger partial charge in [-0.1, -0.05) is 6.42 Å². The number of hydrogen-bond acceptors (Lipinski definition) is 8. The molecule has 2 aliphatic heterocycles. The van der Waals surface area contributed by atoms with E-state index < -0.39 is 0 Å². The van der Waals surface area contributed by atoms with Crippen molar-refractivity contribution in [3.05, 3.63) is 0 Å². The lowest BCUT2D eigenvalue weighted by molar-refractivity contribution is -0.124. The van der Waals surface area contributed by atoms with Gasteiger partial charge in [-0.3, -0.25) is 4.79 Å². The van der Waals surface area contributed by atoms with Gasteiger partial charge in [0.15, 0.2) is 0 Å². The third kappa shape index (κ3) is 8.75. The van der Waals surface area contributed by atoms with Crippen LogP contribution in [-0.2, 0) is 14.3 Å². The molecule has 9 nitrogen and oxygen atoms in total. The summed E-state index contributed by atoms with van der Waals surface area (Å²) in [6.45, 7) is 5.84. The average Bonchev–Trinajstić information content (AvgIpc) is 2.93. The first-order valence-electron chi connectivity index (χ1n) is 15.3. The van der Waals surface area contributed by atoms with Gasteiger partial charge in [0, 0.05) is 50.3 Å². The molecule has 10 atom stereocenters. The molecule has 0 radical (unpaired) electrons. The molecule has 10 unspecified atom stereocenters. The van der Waals surface area contributed by atoms with E-state index in [4.69, 9.17) is 21.1 Å². The summed E-state index contributed by atoms with van der Waals surface area (Å²) < 4.78 is 12.4. The van der Waals surface area contributed by atoms with Crippen LogP contribution in [0, 0.1) is 23.2 Å². The highest BCUT2D eigenvalue weighted by Gasteiger charge is 2.47. The van der Waals surface area contributed by atoms with Crippen molar-refractivity contribution < 1.29 is 14.3 Å². The van der Waals surface area contributed by atoms with Gasteiger partial charge in [-0.05, 0) is 78.4 Å². The van der Waals surface area contributed by atoms with Crippen LogP contribution in [0.3, 0.4) is 0 Å². The van der Waals surface area contributed by atoms with E-state index in [2.05, 4.69) is 27.3 Å². The molecule has 39 heavy (non-hydrogen) atoms. The van der Waals surface area contributed by atoms with Crippen molar-refractivity contribution in [2.75, 3.05) is 46.9 Å². The summed E-state index contributed by atoms with van der Waals surface area (Å²) in [5.41, 5.74) is 0. The Morgan fingerprint density at radius 1 is 1.10 bits per heavy atom. The van der Waals surface area contributed by atoms with Crippen LogP contribution in [0.4, 0.5) is 0 Å². The van der Waals surface area contributed by atoms with Crippen LogP contribution in [-0.4, -0.2) is 106 Å². The number of fused-ring (bicyclic) bond motifs is 1. The number of ether oxygens (including phenoxy) is 2. The Hall–Kier alpha value is -0.990. The number of nitrogens with zero attached hydrogens (tertiary/aromatic N) is 2. The van der Waals surface area contributed by atoms with Gasteiger partial charge in [-0.25, -0.2) is 0 Å². The van der Waals surface area contributed by atoms with Gasteiger partial charge in [-0.2, -0.15) is 5.26 Å². The van der Waals surface area contributed by atoms with Crippen LogP contribution < -0.4 is 21.3 Å². The number of carbonyl (C=O) groups excluding carboxylic acids is 1. The van der Waals surface area contributed by atoms with Crippen LogP contribution in [0.15, 0.2) is 0 Å². The summed E-state index contributed by atoms with van der Waals surface area (Å²) in [7, 11) is 3.96. The lowest BCUT2D eigenvalue weighted by atomic mass is 9.69. The maximum Gasteiger partial charge on any atom is 0.221 e. The minimum Gasteiger partial charge on any atom is -0.376 e. The first-order valence-corrected chi connectivity index (χ1v) is 15.7. The molecule has 0 aromatic carbocycles. The minimum atomic E-state index is -0.125. The number of nitriles is 1. The highest BCUT2D eigenvalue weighted by atomic mass is 35.5. The van der Waals surface area contributed by atoms with Gasteiger partial charge >= 0.3 is 0 Å². The fourth-order valence-electron chi connectivity index (χ4n) is 7.06. The molecule has 4 rings (SSSR count). The van der Waals surface area contributed by atoms with E-state index in [1.165, 1.54) is 19.3 Å². The number of carbonyl (C=O) groups is 1. The van der Waals surface area contributed by atoms with Gasteiger partial charge in [0.1, 0.15) is 0 Å². The summed E-state index contributed by atoms with van der Waals surface area (Å²) in [6, 6.07) is 3.54. The van der Waals surface area contributed by atoms with Gasteiger partial charge in [0.05, 0.1) is 42.2 Å². The van der Waals surface area contributed by atoms with Crippen LogP contribution in [0.5, 0.6) is 0 Å². The molecule has 4 aliphatic rings. The predicted molar refractivity (Wildman–Crippen MR) is 154 cm³/mol. The molecule has 0 aromatic heterocycles. The number of halogens is 1. The predicted octanol–water partition coefficient (Wildman–Crippen LogP) is 1.99. The van der Waals surface area contributed by atoms with Crippen LogP contribution in [0.1, 0.15) is 64.7 Å². The highest BCUT2D eigenvalue weighted by molar-refractivity contribution is 6.21. The molecule has 4 fully saturated rings. The molecule has 2 saturated carbocycles. The molecule has 0 aromatic rings. The van der Waals surface area contributed by atoms with Gasteiger partial charge < -0.3 is 35.6 Å². The third-order valence-corrected chi connectivity index (χ3v) is 9.68. The van der Waals surface area contributed by atoms with Gasteiger partial charge in [0.25, 0.3) is 0 Å². The summed E-state index contributed by atoms with van der Waals surface area (Å²) in [5, 5.41) is 24.4. The molecular weight excluding hydrogens is 516 g/mol. The topological polar surface area (TPSA) is 111 Å². The van der Waals surface area contributed by atoms with Crippen molar-refractivity contribution in [3.8, 4) is 6.07 Å². The first-order chi connectivity index (χ1) is 18.9. The Labute approximate surface area is 240 Å². The highest BCUT2D eigenvalue weighted by Crippen LogP contribution is 2.36. The molecule has 222 valence electrons. The zero-order valence-corrected chi connectivity index (χ0v) is 24.9. The molecule has 1 amide bonds. The van der Waals surface area contributed by atoms with Crippen molar-refractivity contribution in [2.24, 2.45) is 11.8 Å². The molecule has 2 saturated heterocycles. The second-order valence-electron chi connectivity index (χ2n) is 12.3. The SMILES string of the molecule is CCOC1CC2NCC(C#N)C(NC3CCC(OCC4CCCCN4)C(Cl)C3)C2CC1NC(=O)CCN(C)C. The van der Waals surface area contributed by atoms with E-state index in [1.807, 2.05) is 25.9 Å². The quantitative estimate of drug-likeness (QED) is 0.281. The second kappa shape index (κ2) is 15.3. The number of rotatable bonds is 11. The van der Waals surface area contributed by atoms with E-state index in [-0.39, 0.29) is 59.5 Å². The Kier molecular flexibility index (Phi) is 12.1. The number of nitrogens with one attached hydrogen (secondary N) is 4. The minimum absolute atomic E-state index is 0.0233. The summed E-state index contributed by atoms with van der Waals surface area (Å²) in [6.07, 6.45) is 8.64. The maximum atomic E-state index is 12.8. The Balaban J connectivity index is 1.35. The Bertz CT molecular complexity index is 806. The van der Waals surface area contributed by atoms with E-state index in [1.54, 1.807) is 0 Å². The normalized spacial score (nSPS) is 39.1. The van der Waals surface area contributed by atoms with Crippen molar-refractivity contribution in [1.29, 1.82) is 5.26 Å². The lowest BCUT2D eigenvalue weighted by Gasteiger charge is -2.50. The smallest absolute Gasteiger partial charge is 0.221 e. The monoisotopic (exact) mass is 566 g/mol. The van der Waals surface area contributed by atoms with Crippen LogP contribution in [0.25, 0.3) is 0 Å². The standard InChI is InChI=1S/C29H51ClN6O3/c1-4-38-27-15-24-22(14-25(27)35-28(37)10-12-36(2)3)29(19(16-31)17-33-24)34-20-8-9-26(23(30)13-20)39-18-21-7-5-6-11-32-21/h19-27,29,32-34H,4-15,17-18H2,1-3H3,(H,35,37). The molecule has 0 spiro atoms. The zero-order chi connectivity index (χ0) is 27.8. The number of alkyl halides is 1. The zero-order valence-electron chi connectivity index (χ0n) is 24.2. The van der Waals surface area contributed by atoms with Gasteiger partial charge in [-0.15, -0.1) is 11.6 Å². The number of hydrogen-bond donors (Lipinski definition) is 4. The van der Waals surface area contributed by atoms with Crippen molar-refractivity contribution in [2.45, 2.75) is 113 Å². The Morgan fingerprint density at radius 3 is 2.64 bits per heavy atom. The average molecular weight is 567 g/mol. The lowest BCUT2D eigenvalue weighted by Crippen LogP contribution is -2.66. The molecular formula is C29H51ClN6O3. The first kappa shape index (κ1) is 31.0. The third-order valence-electron chi connectivity index (χ3n) is 9.22. The summed E-state index contributed by atoms with van der Waals surface area (Å²) in [5.74, 6) is 0.174. The van der Waals surface area contributed by atoms with E-state index in [9.17, 15) is 10.1 Å². The number of piperidine rings is 2. The number of amides is 1. The fourth-order valence-corrected chi connectivity index (χ4v) is 7.47. The second-order valence-corrected chi connectivity index (χ2v) is 12.9. The molecule has 0 bridgehead atoms. The van der Waals surface area contributed by atoms with Crippen LogP contribution >= 0.6 is 11.6 Å². The molecule has 4 N–H and O–H groups in total. The van der Waals surface area contributed by atoms with Crippen molar-refractivity contribution in [3.63, 3.8) is 0 Å². The van der Waals surface area contributed by atoms with E-state index >= 15 is 0 Å². The summed E-state index contributed by atoms with van der Waals surface area (Å²) in [4.78, 5) is 14.8. The largest absolute Gasteiger partial charge is 0.376 e. The van der Waals surface area contributed by atoms with E-state index in [0.29, 0.717) is 25.6 Å². The molecule has 2 heterocycles. The van der Waals surface area contributed by atoms with Crippen LogP contribution in [0.2, 0.25) is 0 Å². The molecule has 2 aliphatic carbocycles. The van der Waals surface area contributed by atoms with Crippen molar-refractivity contribution >= 4 is 17.5 Å². The maximum absolute atomic E-state index is 12.8. The fraction of sp³-hybridized carbons (Fsp3) is 0.931. The van der Waals surface area contributed by atoms with E-state index in [0.717, 1.165) is 51.8 Å². The van der Waals surface area contributed by atoms with Gasteiger partial charge in [0.2, 0.25) is 5.91 Å². The Morgan fingerprint density at radius 2 is 1.95 bits per heavy atom. The summed E-state index contributed by atoms with van der Waals surface area (Å²) >= 11 is 6.88. The molecule has 10 heteroatoms. The van der Waals surface area contributed by atoms with Crippen molar-refractivity contribution in [1.82, 2.24) is 26.2 Å².